The summed E-state index contributed by atoms with van der Waals surface area (Å²) in [7, 11) is 0. The lowest BCUT2D eigenvalue weighted by atomic mass is 10.2. The molecule has 0 spiro atoms. The van der Waals surface area contributed by atoms with E-state index in [1.165, 1.54) is 0 Å². The van der Waals surface area contributed by atoms with Gasteiger partial charge in [0.25, 0.3) is 0 Å². The molecule has 0 aliphatic heterocycles. The predicted octanol–water partition coefficient (Wildman–Crippen LogP) is 2.32. The van der Waals surface area contributed by atoms with Crippen LogP contribution < -0.4 is 0 Å². The normalized spacial score (nSPS) is 9.38. The topological polar surface area (TPSA) is 59.0 Å². The molecule has 0 aliphatic carbocycles. The summed E-state index contributed by atoms with van der Waals surface area (Å²) in [6.07, 6.45) is 2.13. The highest BCUT2D eigenvalue weighted by atomic mass is 16.6. The molecule has 13 heavy (non-hydrogen) atoms. The van der Waals surface area contributed by atoms with Gasteiger partial charge in [0.05, 0.1) is 18.4 Å². The van der Waals surface area contributed by atoms with E-state index in [4.69, 9.17) is 0 Å². The van der Waals surface area contributed by atoms with E-state index >= 15 is 0 Å². The standard InChI is InChI=1S/C8H16N2O3/c1-3-5-6-7-10(9-12)8(11)13-4-2/h3-7H2,1-2H3. The quantitative estimate of drug-likeness (QED) is 0.365. The van der Waals surface area contributed by atoms with Crippen molar-refractivity contribution in [2.24, 2.45) is 5.29 Å². The van der Waals surface area contributed by atoms with Crippen LogP contribution in [-0.2, 0) is 4.74 Å². The Kier molecular flexibility index (Phi) is 6.86. The van der Waals surface area contributed by atoms with Crippen LogP contribution in [0.4, 0.5) is 4.79 Å². The molecule has 0 N–H and O–H groups in total. The Morgan fingerprint density at radius 2 is 2.08 bits per heavy atom. The molecule has 0 radical (unpaired) electrons. The first kappa shape index (κ1) is 11.9. The van der Waals surface area contributed by atoms with Gasteiger partial charge in [-0.2, -0.15) is 5.01 Å². The van der Waals surface area contributed by atoms with Crippen LogP contribution in [0.25, 0.3) is 0 Å². The summed E-state index contributed by atoms with van der Waals surface area (Å²) in [5.74, 6) is 0. The van der Waals surface area contributed by atoms with Crippen molar-refractivity contribution in [3.63, 3.8) is 0 Å². The SMILES string of the molecule is CCCCCN(N=O)C(=O)OCC. The number of carbonyl (C=O) groups is 1. The van der Waals surface area contributed by atoms with Crippen molar-refractivity contribution in [2.75, 3.05) is 13.2 Å². The number of carbonyl (C=O) groups excluding carboxylic acids is 1. The molecule has 0 heterocycles. The maximum atomic E-state index is 11.0. The highest BCUT2D eigenvalue weighted by molar-refractivity contribution is 5.66. The number of amides is 1. The summed E-state index contributed by atoms with van der Waals surface area (Å²) in [4.78, 5) is 21.2. The van der Waals surface area contributed by atoms with Crippen molar-refractivity contribution >= 4 is 6.09 Å². The maximum absolute atomic E-state index is 11.0. The monoisotopic (exact) mass is 188 g/mol. The molecule has 0 aromatic rings. The second kappa shape index (κ2) is 7.52. The number of ether oxygens (including phenoxy) is 1. The van der Waals surface area contributed by atoms with Gasteiger partial charge in [0, 0.05) is 0 Å². The molecule has 0 rings (SSSR count). The van der Waals surface area contributed by atoms with Gasteiger partial charge in [-0.15, -0.1) is 4.91 Å². The molecule has 0 fully saturated rings. The average Bonchev–Trinajstić information content (AvgIpc) is 2.13. The van der Waals surface area contributed by atoms with Gasteiger partial charge in [0.1, 0.15) is 0 Å². The summed E-state index contributed by atoms with van der Waals surface area (Å²) in [5, 5.41) is 3.41. The first-order chi connectivity index (χ1) is 6.26. The Bertz CT molecular complexity index is 161. The van der Waals surface area contributed by atoms with Crippen LogP contribution in [0.1, 0.15) is 33.1 Å². The first-order valence-electron chi connectivity index (χ1n) is 4.53. The minimum absolute atomic E-state index is 0.263. The maximum Gasteiger partial charge on any atom is 0.432 e. The lowest BCUT2D eigenvalue weighted by molar-refractivity contribution is 0.107. The molecule has 0 aromatic carbocycles. The number of nitroso groups, excluding NO2 is 1. The van der Waals surface area contributed by atoms with Gasteiger partial charge in [-0.25, -0.2) is 4.79 Å². The van der Waals surface area contributed by atoms with Gasteiger partial charge in [-0.3, -0.25) is 0 Å². The van der Waals surface area contributed by atoms with Crippen molar-refractivity contribution < 1.29 is 9.53 Å². The molecule has 0 bridgehead atoms. The smallest absolute Gasteiger partial charge is 0.432 e. The minimum Gasteiger partial charge on any atom is -0.448 e. The lowest BCUT2D eigenvalue weighted by Gasteiger charge is -2.11. The highest BCUT2D eigenvalue weighted by Crippen LogP contribution is 2.00. The molecular weight excluding hydrogens is 172 g/mol. The van der Waals surface area contributed by atoms with Gasteiger partial charge in [0.15, 0.2) is 0 Å². The van der Waals surface area contributed by atoms with Gasteiger partial charge >= 0.3 is 6.09 Å². The van der Waals surface area contributed by atoms with Crippen molar-refractivity contribution in [2.45, 2.75) is 33.1 Å². The summed E-state index contributed by atoms with van der Waals surface area (Å²) in [6.45, 7) is 4.34. The first-order valence-corrected chi connectivity index (χ1v) is 4.53. The third kappa shape index (κ3) is 5.16. The Labute approximate surface area is 78.0 Å². The van der Waals surface area contributed by atoms with Gasteiger partial charge in [0.2, 0.25) is 0 Å². The molecule has 0 saturated heterocycles. The number of nitrogens with zero attached hydrogens (tertiary/aromatic N) is 2. The predicted molar refractivity (Wildman–Crippen MR) is 49.0 cm³/mol. The third-order valence-electron chi connectivity index (χ3n) is 1.55. The van der Waals surface area contributed by atoms with Crippen molar-refractivity contribution in [3.8, 4) is 0 Å². The van der Waals surface area contributed by atoms with Gasteiger partial charge in [-0.1, -0.05) is 19.8 Å². The molecule has 0 aromatic heterocycles. The zero-order valence-electron chi connectivity index (χ0n) is 8.15. The van der Waals surface area contributed by atoms with Crippen molar-refractivity contribution in [1.29, 1.82) is 0 Å². The van der Waals surface area contributed by atoms with E-state index in [1.54, 1.807) is 6.92 Å². The molecule has 5 nitrogen and oxygen atoms in total. The summed E-state index contributed by atoms with van der Waals surface area (Å²) >= 11 is 0. The molecule has 0 saturated carbocycles. The molecule has 0 unspecified atom stereocenters. The van der Waals surface area contributed by atoms with Crippen molar-refractivity contribution in [3.05, 3.63) is 4.91 Å². The molecule has 0 atom stereocenters. The minimum atomic E-state index is -0.659. The summed E-state index contributed by atoms with van der Waals surface area (Å²) < 4.78 is 4.62. The second-order valence-corrected chi connectivity index (χ2v) is 2.61. The second-order valence-electron chi connectivity index (χ2n) is 2.61. The van der Waals surface area contributed by atoms with Crippen LogP contribution in [0, 0.1) is 4.91 Å². The van der Waals surface area contributed by atoms with Crippen LogP contribution in [0.15, 0.2) is 5.29 Å². The van der Waals surface area contributed by atoms with Gasteiger partial charge < -0.3 is 4.74 Å². The molecule has 0 aliphatic rings. The Hall–Kier alpha value is -1.13. The van der Waals surface area contributed by atoms with Crippen LogP contribution in [0.5, 0.6) is 0 Å². The van der Waals surface area contributed by atoms with E-state index in [-0.39, 0.29) is 6.61 Å². The molecule has 5 heteroatoms. The molecule has 76 valence electrons. The summed E-state index contributed by atoms with van der Waals surface area (Å²) in [5.41, 5.74) is 0. The van der Waals surface area contributed by atoms with Crippen LogP contribution >= 0.6 is 0 Å². The van der Waals surface area contributed by atoms with E-state index in [0.29, 0.717) is 6.54 Å². The zero-order chi connectivity index (χ0) is 10.1. The van der Waals surface area contributed by atoms with E-state index in [1.807, 2.05) is 6.92 Å². The van der Waals surface area contributed by atoms with Crippen LogP contribution in [-0.4, -0.2) is 24.3 Å². The average molecular weight is 188 g/mol. The van der Waals surface area contributed by atoms with Crippen LogP contribution in [0.2, 0.25) is 0 Å². The van der Waals surface area contributed by atoms with Crippen molar-refractivity contribution in [1.82, 2.24) is 5.01 Å². The largest absolute Gasteiger partial charge is 0.448 e. The van der Waals surface area contributed by atoms with Gasteiger partial charge in [-0.05, 0) is 13.3 Å². The molecule has 1 amide bonds. The Morgan fingerprint density at radius 3 is 2.54 bits per heavy atom. The Morgan fingerprint density at radius 1 is 1.38 bits per heavy atom. The number of hydrogen-bond acceptors (Lipinski definition) is 4. The molecular formula is C8H16N2O3. The van der Waals surface area contributed by atoms with E-state index in [0.717, 1.165) is 24.3 Å². The van der Waals surface area contributed by atoms with Crippen LogP contribution in [0.3, 0.4) is 0 Å². The van der Waals surface area contributed by atoms with E-state index in [2.05, 4.69) is 10.0 Å². The zero-order valence-corrected chi connectivity index (χ0v) is 8.15. The highest BCUT2D eigenvalue weighted by Gasteiger charge is 2.13. The van der Waals surface area contributed by atoms with E-state index in [9.17, 15) is 9.70 Å². The third-order valence-corrected chi connectivity index (χ3v) is 1.55. The fraction of sp³-hybridized carbons (Fsp3) is 0.875. The number of unbranched alkanes of at least 4 members (excludes halogenated alkanes) is 2. The van der Waals surface area contributed by atoms with E-state index < -0.39 is 6.09 Å². The fourth-order valence-corrected chi connectivity index (χ4v) is 0.875. The number of rotatable bonds is 6. The number of hydrogen-bond donors (Lipinski definition) is 0. The fourth-order valence-electron chi connectivity index (χ4n) is 0.875. The lowest BCUT2D eigenvalue weighted by Crippen LogP contribution is -2.27. The Balaban J connectivity index is 3.73. The summed E-state index contributed by atoms with van der Waals surface area (Å²) in [6, 6.07) is 0.